The Balaban J connectivity index is 1.30. The maximum atomic E-state index is 12.9. The zero-order valence-electron chi connectivity index (χ0n) is 15.9. The molecule has 1 aliphatic rings. The third-order valence-corrected chi connectivity index (χ3v) is 5.31. The highest BCUT2D eigenvalue weighted by Crippen LogP contribution is 2.23. The van der Waals surface area contributed by atoms with Gasteiger partial charge in [-0.1, -0.05) is 0 Å². The van der Waals surface area contributed by atoms with Crippen LogP contribution in [0.3, 0.4) is 0 Å². The van der Waals surface area contributed by atoms with E-state index in [0.29, 0.717) is 5.56 Å². The first kappa shape index (κ1) is 16.7. The molecule has 9 heteroatoms. The number of aryl methyl sites for hydroxylation is 2. The van der Waals surface area contributed by atoms with Gasteiger partial charge >= 0.3 is 0 Å². The normalized spacial score (nSPS) is 14.6. The molecule has 4 aromatic rings. The first-order valence-corrected chi connectivity index (χ1v) is 9.17. The van der Waals surface area contributed by atoms with Gasteiger partial charge in [0, 0.05) is 25.7 Å². The number of aromatic nitrogens is 6. The summed E-state index contributed by atoms with van der Waals surface area (Å²) in [4.78, 5) is 24.4. The van der Waals surface area contributed by atoms with Gasteiger partial charge in [0.25, 0.3) is 5.91 Å². The molecule has 0 radical (unpaired) electrons. The second kappa shape index (κ2) is 6.01. The van der Waals surface area contributed by atoms with Gasteiger partial charge in [0.2, 0.25) is 0 Å². The van der Waals surface area contributed by atoms with Crippen LogP contribution in [0.2, 0.25) is 0 Å². The van der Waals surface area contributed by atoms with Crippen LogP contribution in [0.1, 0.15) is 22.0 Å². The highest BCUT2D eigenvalue weighted by molar-refractivity contribution is 5.97. The molecule has 1 amide bonds. The molecule has 1 N–H and O–H groups in total. The van der Waals surface area contributed by atoms with Gasteiger partial charge in [-0.2, -0.15) is 4.52 Å². The number of hydrogen-bond donors (Lipinski definition) is 1. The van der Waals surface area contributed by atoms with Gasteiger partial charge in [-0.15, -0.1) is 15.3 Å². The number of imidazole rings is 1. The molecule has 3 aromatic heterocycles. The average Bonchev–Trinajstić information content (AvgIpc) is 3.21. The van der Waals surface area contributed by atoms with Gasteiger partial charge < -0.3 is 14.8 Å². The quantitative estimate of drug-likeness (QED) is 0.583. The number of carbonyl (C=O) groups excluding carboxylic acids is 1. The van der Waals surface area contributed by atoms with E-state index in [0.717, 1.165) is 47.2 Å². The summed E-state index contributed by atoms with van der Waals surface area (Å²) in [6, 6.07) is 9.58. The van der Waals surface area contributed by atoms with Crippen LogP contribution in [-0.2, 0) is 0 Å². The number of anilines is 1. The van der Waals surface area contributed by atoms with Crippen molar-refractivity contribution in [3.63, 3.8) is 0 Å². The Morgan fingerprint density at radius 2 is 2.00 bits per heavy atom. The molecule has 1 saturated heterocycles. The lowest BCUT2D eigenvalue weighted by atomic mass is 10.1. The predicted octanol–water partition coefficient (Wildman–Crippen LogP) is 1.58. The standard InChI is InChI=1S/C19H20N8O/c1-11-20-15-5-4-13(8-16(15)21-11)19(28)25(3)14-9-26(10-14)18-7-6-17-23-22-12(2)27(17)24-18/h4-8,14H,9-10H2,1-3H3,(H,20,21). The summed E-state index contributed by atoms with van der Waals surface area (Å²) in [5.74, 6) is 2.47. The van der Waals surface area contributed by atoms with E-state index in [1.807, 2.05) is 56.1 Å². The van der Waals surface area contributed by atoms with Crippen LogP contribution in [0.4, 0.5) is 5.82 Å². The third kappa shape index (κ3) is 2.58. The molecule has 9 nitrogen and oxygen atoms in total. The molecule has 1 fully saturated rings. The molecule has 5 rings (SSSR count). The zero-order chi connectivity index (χ0) is 19.4. The summed E-state index contributed by atoms with van der Waals surface area (Å²) in [6.07, 6.45) is 0. The Kier molecular flexibility index (Phi) is 3.58. The van der Waals surface area contributed by atoms with Crippen molar-refractivity contribution in [1.82, 2.24) is 34.7 Å². The van der Waals surface area contributed by atoms with E-state index in [9.17, 15) is 4.79 Å². The molecule has 0 unspecified atom stereocenters. The number of likely N-dealkylation sites (N-methyl/N-ethyl adjacent to an activating group) is 1. The van der Waals surface area contributed by atoms with Crippen LogP contribution in [0, 0.1) is 13.8 Å². The van der Waals surface area contributed by atoms with Crippen molar-refractivity contribution in [1.29, 1.82) is 0 Å². The number of fused-ring (bicyclic) bond motifs is 2. The number of aromatic amines is 1. The molecular weight excluding hydrogens is 356 g/mol. The molecule has 142 valence electrons. The molecule has 28 heavy (non-hydrogen) atoms. The highest BCUT2D eigenvalue weighted by atomic mass is 16.2. The first-order chi connectivity index (χ1) is 13.5. The van der Waals surface area contributed by atoms with E-state index in [1.165, 1.54) is 0 Å². The lowest BCUT2D eigenvalue weighted by Crippen LogP contribution is -2.60. The minimum Gasteiger partial charge on any atom is -0.351 e. The minimum absolute atomic E-state index is 0.0110. The number of H-pyrrole nitrogens is 1. The first-order valence-electron chi connectivity index (χ1n) is 9.17. The lowest BCUT2D eigenvalue weighted by molar-refractivity contribution is 0.0705. The summed E-state index contributed by atoms with van der Waals surface area (Å²) in [6.45, 7) is 5.27. The van der Waals surface area contributed by atoms with Crippen LogP contribution in [-0.4, -0.2) is 66.8 Å². The maximum Gasteiger partial charge on any atom is 0.254 e. The molecule has 1 aliphatic heterocycles. The van der Waals surface area contributed by atoms with Gasteiger partial charge in [0.15, 0.2) is 11.5 Å². The van der Waals surface area contributed by atoms with Crippen molar-refractivity contribution >= 4 is 28.4 Å². The van der Waals surface area contributed by atoms with Gasteiger partial charge in [-0.05, 0) is 44.2 Å². The van der Waals surface area contributed by atoms with E-state index in [1.54, 1.807) is 4.52 Å². The molecule has 0 spiro atoms. The number of amides is 1. The molecule has 0 bridgehead atoms. The Labute approximate surface area is 161 Å². The minimum atomic E-state index is 0.0110. The Morgan fingerprint density at radius 1 is 1.18 bits per heavy atom. The topological polar surface area (TPSA) is 95.3 Å². The van der Waals surface area contributed by atoms with Crippen molar-refractivity contribution in [3.05, 3.63) is 47.5 Å². The average molecular weight is 376 g/mol. The van der Waals surface area contributed by atoms with Crippen molar-refractivity contribution in [2.24, 2.45) is 0 Å². The second-order valence-corrected chi connectivity index (χ2v) is 7.24. The Hall–Kier alpha value is -3.49. The fraction of sp³-hybridized carbons (Fsp3) is 0.316. The van der Waals surface area contributed by atoms with Crippen LogP contribution in [0.25, 0.3) is 16.7 Å². The third-order valence-electron chi connectivity index (χ3n) is 5.31. The summed E-state index contributed by atoms with van der Waals surface area (Å²) in [5, 5.41) is 12.7. The largest absolute Gasteiger partial charge is 0.351 e. The summed E-state index contributed by atoms with van der Waals surface area (Å²) in [5.41, 5.74) is 3.15. The fourth-order valence-electron chi connectivity index (χ4n) is 3.58. The van der Waals surface area contributed by atoms with E-state index >= 15 is 0 Å². The van der Waals surface area contributed by atoms with E-state index in [4.69, 9.17) is 0 Å². The van der Waals surface area contributed by atoms with Crippen molar-refractivity contribution in [3.8, 4) is 0 Å². The number of rotatable bonds is 3. The van der Waals surface area contributed by atoms with Gasteiger partial charge in [-0.25, -0.2) is 4.98 Å². The van der Waals surface area contributed by atoms with Crippen molar-refractivity contribution in [2.75, 3.05) is 25.0 Å². The van der Waals surface area contributed by atoms with Crippen LogP contribution >= 0.6 is 0 Å². The van der Waals surface area contributed by atoms with Gasteiger partial charge in [0.05, 0.1) is 17.1 Å². The lowest BCUT2D eigenvalue weighted by Gasteiger charge is -2.44. The number of hydrogen-bond acceptors (Lipinski definition) is 6. The summed E-state index contributed by atoms with van der Waals surface area (Å²) < 4.78 is 1.74. The summed E-state index contributed by atoms with van der Waals surface area (Å²) in [7, 11) is 1.85. The summed E-state index contributed by atoms with van der Waals surface area (Å²) >= 11 is 0. The number of carbonyl (C=O) groups is 1. The van der Waals surface area contributed by atoms with Crippen LogP contribution < -0.4 is 4.90 Å². The van der Waals surface area contributed by atoms with E-state index in [2.05, 4.69) is 30.2 Å². The van der Waals surface area contributed by atoms with E-state index in [-0.39, 0.29) is 11.9 Å². The molecule has 4 heterocycles. The molecule has 1 aromatic carbocycles. The van der Waals surface area contributed by atoms with Crippen molar-refractivity contribution < 1.29 is 4.79 Å². The van der Waals surface area contributed by atoms with Gasteiger partial charge in [-0.3, -0.25) is 4.79 Å². The fourth-order valence-corrected chi connectivity index (χ4v) is 3.58. The van der Waals surface area contributed by atoms with Crippen molar-refractivity contribution in [2.45, 2.75) is 19.9 Å². The smallest absolute Gasteiger partial charge is 0.254 e. The molecular formula is C19H20N8O. The number of nitrogens with zero attached hydrogens (tertiary/aromatic N) is 7. The van der Waals surface area contributed by atoms with Gasteiger partial charge in [0.1, 0.15) is 11.6 Å². The second-order valence-electron chi connectivity index (χ2n) is 7.24. The molecule has 0 saturated carbocycles. The SMILES string of the molecule is Cc1nc2ccc(C(=O)N(C)C3CN(c4ccc5nnc(C)n5n4)C3)cc2[nH]1. The number of nitrogens with one attached hydrogen (secondary N) is 1. The molecule has 0 aliphatic carbocycles. The number of benzene rings is 1. The highest BCUT2D eigenvalue weighted by Gasteiger charge is 2.34. The zero-order valence-corrected chi connectivity index (χ0v) is 15.9. The van der Waals surface area contributed by atoms with E-state index < -0.39 is 0 Å². The monoisotopic (exact) mass is 376 g/mol. The Morgan fingerprint density at radius 3 is 2.82 bits per heavy atom. The predicted molar refractivity (Wildman–Crippen MR) is 104 cm³/mol. The van der Waals surface area contributed by atoms with Crippen LogP contribution in [0.15, 0.2) is 30.3 Å². The molecule has 0 atom stereocenters. The maximum absolute atomic E-state index is 12.9. The Bertz CT molecular complexity index is 1200. The van der Waals surface area contributed by atoms with Crippen LogP contribution in [0.5, 0.6) is 0 Å².